The van der Waals surface area contributed by atoms with Crippen LogP contribution in [-0.4, -0.2) is 67.7 Å². The molecule has 2 aliphatic heterocycles. The zero-order chi connectivity index (χ0) is 28.0. The second kappa shape index (κ2) is 12.9. The number of likely N-dealkylation sites (tertiary alicyclic amines) is 2. The average molecular weight is 576 g/mol. The first-order valence-electron chi connectivity index (χ1n) is 13.1. The maximum atomic E-state index is 13.6. The van der Waals surface area contributed by atoms with Crippen molar-refractivity contribution in [3.63, 3.8) is 0 Å². The van der Waals surface area contributed by atoms with Gasteiger partial charge in [-0.25, -0.2) is 8.42 Å². The van der Waals surface area contributed by atoms with Crippen LogP contribution in [0.25, 0.3) is 0 Å². The van der Waals surface area contributed by atoms with Gasteiger partial charge in [-0.05, 0) is 54.5 Å². The molecule has 0 bridgehead atoms. The molecule has 2 heterocycles. The summed E-state index contributed by atoms with van der Waals surface area (Å²) in [5.41, 5.74) is 7.92. The summed E-state index contributed by atoms with van der Waals surface area (Å²) in [6.07, 6.45) is 2.94. The first kappa shape index (κ1) is 29.0. The third kappa shape index (κ3) is 7.36. The molecule has 2 aromatic rings. The standard InChI is InChI=1S/C27H34ClN5O5S/c28-22-10-9-20(16-29)21(15-22)17-30-25(34)23-11-14-33(23)27(36)24(26(35)32-12-5-2-6-13-32)31-39(37,38)18-19-7-3-1-4-8-19/h1,3-4,7-10,15,23-24,31H,2,5-6,11-14,16-18,29H2,(H,30,34)/t23-,24?/m0/s1. The quantitative estimate of drug-likeness (QED) is 0.367. The Morgan fingerprint density at radius 3 is 2.33 bits per heavy atom. The molecule has 0 aromatic heterocycles. The molecule has 0 aliphatic carbocycles. The van der Waals surface area contributed by atoms with Gasteiger partial charge in [0.05, 0.1) is 5.75 Å². The highest BCUT2D eigenvalue weighted by Gasteiger charge is 2.44. The Morgan fingerprint density at radius 1 is 0.974 bits per heavy atom. The Hall–Kier alpha value is -2.99. The molecule has 2 saturated heterocycles. The third-order valence-corrected chi connectivity index (χ3v) is 8.65. The maximum absolute atomic E-state index is 13.6. The minimum absolute atomic E-state index is 0.171. The van der Waals surface area contributed by atoms with Crippen LogP contribution < -0.4 is 15.8 Å². The van der Waals surface area contributed by atoms with Crippen molar-refractivity contribution in [1.29, 1.82) is 0 Å². The van der Waals surface area contributed by atoms with Crippen molar-refractivity contribution in [2.45, 2.75) is 56.6 Å². The fourth-order valence-corrected chi connectivity index (χ4v) is 6.34. The summed E-state index contributed by atoms with van der Waals surface area (Å²) in [5.74, 6) is -2.08. The molecule has 0 radical (unpaired) electrons. The number of nitrogens with zero attached hydrogens (tertiary/aromatic N) is 2. The van der Waals surface area contributed by atoms with Gasteiger partial charge in [0.2, 0.25) is 21.8 Å². The number of amides is 3. The summed E-state index contributed by atoms with van der Waals surface area (Å²) in [6, 6.07) is 11.3. The summed E-state index contributed by atoms with van der Waals surface area (Å²) in [4.78, 5) is 42.9. The second-order valence-electron chi connectivity index (χ2n) is 9.85. The number of benzene rings is 2. The van der Waals surface area contributed by atoms with E-state index in [1.54, 1.807) is 48.5 Å². The molecular formula is C27H34ClN5O5S. The van der Waals surface area contributed by atoms with Gasteiger partial charge in [0.25, 0.3) is 5.91 Å². The number of nitrogens with one attached hydrogen (secondary N) is 2. The van der Waals surface area contributed by atoms with Crippen molar-refractivity contribution < 1.29 is 22.8 Å². The second-order valence-corrected chi connectivity index (χ2v) is 12.0. The largest absolute Gasteiger partial charge is 0.350 e. The Balaban J connectivity index is 1.48. The van der Waals surface area contributed by atoms with Crippen LogP contribution >= 0.6 is 11.6 Å². The van der Waals surface area contributed by atoms with E-state index in [1.807, 2.05) is 0 Å². The summed E-state index contributed by atoms with van der Waals surface area (Å²) in [5, 5.41) is 3.33. The summed E-state index contributed by atoms with van der Waals surface area (Å²) >= 11 is 6.09. The van der Waals surface area contributed by atoms with Gasteiger partial charge in [-0.15, -0.1) is 0 Å². The normalized spacial score (nSPS) is 18.3. The molecule has 1 unspecified atom stereocenters. The molecule has 2 fully saturated rings. The van der Waals surface area contributed by atoms with Gasteiger partial charge in [-0.1, -0.05) is 48.0 Å². The molecule has 4 N–H and O–H groups in total. The van der Waals surface area contributed by atoms with Crippen molar-refractivity contribution in [2.75, 3.05) is 19.6 Å². The molecule has 12 heteroatoms. The number of hydrogen-bond donors (Lipinski definition) is 3. The van der Waals surface area contributed by atoms with E-state index >= 15 is 0 Å². The van der Waals surface area contributed by atoms with Crippen LogP contribution in [0.5, 0.6) is 0 Å². The number of carbonyl (C=O) groups excluding carboxylic acids is 3. The lowest BCUT2D eigenvalue weighted by Crippen LogP contribution is -2.65. The minimum atomic E-state index is -4.05. The van der Waals surface area contributed by atoms with Gasteiger partial charge in [-0.3, -0.25) is 14.4 Å². The lowest BCUT2D eigenvalue weighted by Gasteiger charge is -2.42. The van der Waals surface area contributed by atoms with E-state index in [0.29, 0.717) is 30.1 Å². The Kier molecular flexibility index (Phi) is 9.60. The van der Waals surface area contributed by atoms with Gasteiger partial charge >= 0.3 is 0 Å². The van der Waals surface area contributed by atoms with Crippen molar-refractivity contribution >= 4 is 39.3 Å². The monoisotopic (exact) mass is 575 g/mol. The van der Waals surface area contributed by atoms with Crippen molar-refractivity contribution in [3.8, 4) is 0 Å². The number of rotatable bonds is 10. The van der Waals surface area contributed by atoms with Crippen LogP contribution in [0.2, 0.25) is 5.02 Å². The molecule has 39 heavy (non-hydrogen) atoms. The SMILES string of the molecule is NCc1ccc(Cl)cc1CNC(=O)[C@@H]1CCN1C(=O)C(NS(=O)(=O)Cc1ccccc1)C(=O)N1CCCCC1. The zero-order valence-electron chi connectivity index (χ0n) is 21.6. The molecular weight excluding hydrogens is 542 g/mol. The fourth-order valence-electron chi connectivity index (χ4n) is 4.87. The van der Waals surface area contributed by atoms with E-state index in [1.165, 1.54) is 9.80 Å². The first-order chi connectivity index (χ1) is 18.7. The smallest absolute Gasteiger partial charge is 0.251 e. The first-order valence-corrected chi connectivity index (χ1v) is 15.1. The van der Waals surface area contributed by atoms with Crippen molar-refractivity contribution in [3.05, 3.63) is 70.2 Å². The van der Waals surface area contributed by atoms with E-state index < -0.39 is 39.8 Å². The fraction of sp³-hybridized carbons (Fsp3) is 0.444. The van der Waals surface area contributed by atoms with E-state index in [-0.39, 0.29) is 25.4 Å². The average Bonchev–Trinajstić information content (AvgIpc) is 2.90. The number of carbonyl (C=O) groups is 3. The lowest BCUT2D eigenvalue weighted by atomic mass is 9.99. The third-order valence-electron chi connectivity index (χ3n) is 7.11. The lowest BCUT2D eigenvalue weighted by molar-refractivity contribution is -0.153. The number of sulfonamides is 1. The molecule has 3 amide bonds. The van der Waals surface area contributed by atoms with E-state index in [9.17, 15) is 22.8 Å². The van der Waals surface area contributed by atoms with Crippen molar-refractivity contribution in [1.82, 2.24) is 19.8 Å². The summed E-state index contributed by atoms with van der Waals surface area (Å²) in [7, 11) is -4.05. The predicted octanol–water partition coefficient (Wildman–Crippen LogP) is 1.52. The molecule has 2 aliphatic rings. The van der Waals surface area contributed by atoms with Crippen LogP contribution in [0.4, 0.5) is 0 Å². The highest BCUT2D eigenvalue weighted by Crippen LogP contribution is 2.22. The predicted molar refractivity (Wildman–Crippen MR) is 148 cm³/mol. The van der Waals surface area contributed by atoms with Gasteiger partial charge in [0, 0.05) is 37.7 Å². The summed E-state index contributed by atoms with van der Waals surface area (Å²) < 4.78 is 28.4. The Morgan fingerprint density at radius 2 is 1.69 bits per heavy atom. The molecule has 0 saturated carbocycles. The molecule has 2 aromatic carbocycles. The number of hydrogen-bond acceptors (Lipinski definition) is 6. The molecule has 4 rings (SSSR count). The van der Waals surface area contributed by atoms with Crippen LogP contribution in [0.3, 0.4) is 0 Å². The number of piperidine rings is 1. The van der Waals surface area contributed by atoms with Gasteiger partial charge < -0.3 is 20.9 Å². The van der Waals surface area contributed by atoms with E-state index in [4.69, 9.17) is 17.3 Å². The van der Waals surface area contributed by atoms with Crippen LogP contribution in [0.15, 0.2) is 48.5 Å². The number of halogens is 1. The maximum Gasteiger partial charge on any atom is 0.251 e. The van der Waals surface area contributed by atoms with Crippen molar-refractivity contribution in [2.24, 2.45) is 5.73 Å². The van der Waals surface area contributed by atoms with Crippen LogP contribution in [0.1, 0.15) is 42.4 Å². The summed E-state index contributed by atoms with van der Waals surface area (Å²) in [6.45, 7) is 1.60. The molecule has 210 valence electrons. The van der Waals surface area contributed by atoms with Gasteiger partial charge in [-0.2, -0.15) is 4.72 Å². The van der Waals surface area contributed by atoms with Crippen LogP contribution in [0, 0.1) is 0 Å². The zero-order valence-corrected chi connectivity index (χ0v) is 23.2. The Labute approximate surface area is 233 Å². The van der Waals surface area contributed by atoms with Gasteiger partial charge in [0.1, 0.15) is 6.04 Å². The minimum Gasteiger partial charge on any atom is -0.350 e. The highest BCUT2D eigenvalue weighted by molar-refractivity contribution is 7.88. The topological polar surface area (TPSA) is 142 Å². The van der Waals surface area contributed by atoms with Gasteiger partial charge in [0.15, 0.2) is 6.04 Å². The van der Waals surface area contributed by atoms with E-state index in [0.717, 1.165) is 30.4 Å². The highest BCUT2D eigenvalue weighted by atomic mass is 35.5. The van der Waals surface area contributed by atoms with Crippen LogP contribution in [-0.2, 0) is 43.2 Å². The number of nitrogens with two attached hydrogens (primary N) is 1. The Bertz CT molecular complexity index is 1300. The van der Waals surface area contributed by atoms with E-state index in [2.05, 4.69) is 10.0 Å². The molecule has 2 atom stereocenters. The molecule has 0 spiro atoms. The molecule has 10 nitrogen and oxygen atoms in total.